The summed E-state index contributed by atoms with van der Waals surface area (Å²) in [5.41, 5.74) is 3.56. The molecule has 1 aromatic carbocycles. The molecule has 1 amide bonds. The van der Waals surface area contributed by atoms with E-state index in [0.29, 0.717) is 36.3 Å². The first kappa shape index (κ1) is 19.7. The second-order valence-electron chi connectivity index (χ2n) is 7.13. The monoisotopic (exact) mass is 404 g/mol. The average Bonchev–Trinajstić information content (AvgIpc) is 3.23. The Morgan fingerprint density at radius 3 is 2.93 bits per heavy atom. The highest BCUT2D eigenvalue weighted by Crippen LogP contribution is 2.21. The Bertz CT molecular complexity index is 1190. The molecule has 0 aliphatic heterocycles. The fourth-order valence-electron chi connectivity index (χ4n) is 3.17. The number of nitrogens with one attached hydrogen (secondary N) is 1. The zero-order valence-corrected chi connectivity index (χ0v) is 16.6. The summed E-state index contributed by atoms with van der Waals surface area (Å²) in [6.07, 6.45) is 3.50. The van der Waals surface area contributed by atoms with Crippen molar-refractivity contribution in [1.29, 1.82) is 0 Å². The number of carbonyl (C=O) groups excluding carboxylic acids is 1. The van der Waals surface area contributed by atoms with Gasteiger partial charge in [0.25, 0.3) is 0 Å². The van der Waals surface area contributed by atoms with Crippen LogP contribution in [0.25, 0.3) is 22.3 Å². The van der Waals surface area contributed by atoms with E-state index in [9.17, 15) is 9.18 Å². The van der Waals surface area contributed by atoms with E-state index < -0.39 is 0 Å². The Morgan fingerprint density at radius 2 is 2.07 bits per heavy atom. The van der Waals surface area contributed by atoms with E-state index in [2.05, 4.69) is 20.4 Å². The molecular formula is C23H21FN4O2. The molecule has 0 unspecified atom stereocenters. The first-order valence-corrected chi connectivity index (χ1v) is 9.78. The van der Waals surface area contributed by atoms with Gasteiger partial charge < -0.3 is 9.84 Å². The van der Waals surface area contributed by atoms with Crippen LogP contribution in [-0.4, -0.2) is 21.0 Å². The van der Waals surface area contributed by atoms with Gasteiger partial charge in [-0.3, -0.25) is 4.79 Å². The lowest BCUT2D eigenvalue weighted by atomic mass is 10.1. The Kier molecular flexibility index (Phi) is 5.79. The summed E-state index contributed by atoms with van der Waals surface area (Å²) in [4.78, 5) is 20.9. The molecule has 0 spiro atoms. The van der Waals surface area contributed by atoms with Crippen molar-refractivity contribution >= 4 is 16.9 Å². The van der Waals surface area contributed by atoms with Gasteiger partial charge in [-0.2, -0.15) is 0 Å². The van der Waals surface area contributed by atoms with Gasteiger partial charge in [-0.15, -0.1) is 0 Å². The molecule has 0 saturated carbocycles. The van der Waals surface area contributed by atoms with Gasteiger partial charge in [0.2, 0.25) is 5.91 Å². The molecule has 0 atom stereocenters. The number of fused-ring (bicyclic) bond motifs is 1. The van der Waals surface area contributed by atoms with Crippen molar-refractivity contribution in [2.45, 2.75) is 32.7 Å². The number of rotatable bonds is 7. The maximum absolute atomic E-state index is 13.4. The number of aromatic nitrogens is 3. The molecule has 0 aliphatic carbocycles. The van der Waals surface area contributed by atoms with Gasteiger partial charge in [0.05, 0.1) is 6.54 Å². The van der Waals surface area contributed by atoms with Crippen molar-refractivity contribution in [3.05, 3.63) is 77.6 Å². The summed E-state index contributed by atoms with van der Waals surface area (Å²) in [7, 11) is 0. The third-order valence-electron chi connectivity index (χ3n) is 4.83. The van der Waals surface area contributed by atoms with Crippen LogP contribution in [0.2, 0.25) is 0 Å². The van der Waals surface area contributed by atoms with Gasteiger partial charge in [-0.05, 0) is 67.8 Å². The Balaban J connectivity index is 1.25. The number of halogens is 1. The molecule has 4 rings (SSSR count). The minimum Gasteiger partial charge on any atom is -0.359 e. The molecule has 0 bridgehead atoms. The predicted octanol–water partition coefficient (Wildman–Crippen LogP) is 4.37. The lowest BCUT2D eigenvalue weighted by Crippen LogP contribution is -2.22. The summed E-state index contributed by atoms with van der Waals surface area (Å²) >= 11 is 0. The highest BCUT2D eigenvalue weighted by Gasteiger charge is 2.10. The lowest BCUT2D eigenvalue weighted by Gasteiger charge is -2.04. The van der Waals surface area contributed by atoms with Crippen LogP contribution in [0, 0.1) is 12.7 Å². The summed E-state index contributed by atoms with van der Waals surface area (Å²) in [6.45, 7) is 1.95. The van der Waals surface area contributed by atoms with Crippen molar-refractivity contribution in [1.82, 2.24) is 20.4 Å². The topological polar surface area (TPSA) is 80.9 Å². The molecule has 1 N–H and O–H groups in total. The molecule has 7 heteroatoms. The van der Waals surface area contributed by atoms with Crippen molar-refractivity contribution < 1.29 is 13.7 Å². The first-order valence-electron chi connectivity index (χ1n) is 9.78. The van der Waals surface area contributed by atoms with E-state index in [1.807, 2.05) is 24.3 Å². The number of hydrogen-bond donors (Lipinski definition) is 1. The molecule has 0 fully saturated rings. The van der Waals surface area contributed by atoms with Crippen LogP contribution < -0.4 is 5.32 Å². The predicted molar refractivity (Wildman–Crippen MR) is 111 cm³/mol. The van der Waals surface area contributed by atoms with Crippen LogP contribution in [0.1, 0.15) is 29.9 Å². The van der Waals surface area contributed by atoms with E-state index in [1.165, 1.54) is 6.07 Å². The standard InChI is InChI=1S/C23H21FN4O2/c1-15-12-17(8-10-20(15)24)21-13-19(30-28-21)14-26-22(29)6-2-5-18-9-7-16-4-3-11-25-23(16)27-18/h3-4,7-13H,2,5-6,14H2,1H3,(H,26,29). The third-order valence-corrected chi connectivity index (χ3v) is 4.83. The Hall–Kier alpha value is -3.61. The van der Waals surface area contributed by atoms with E-state index >= 15 is 0 Å². The van der Waals surface area contributed by atoms with Crippen LogP contribution in [0.3, 0.4) is 0 Å². The summed E-state index contributed by atoms with van der Waals surface area (Å²) in [5.74, 6) is 0.219. The normalized spacial score (nSPS) is 11.0. The number of nitrogens with zero attached hydrogens (tertiary/aromatic N) is 3. The molecule has 0 saturated heterocycles. The Morgan fingerprint density at radius 1 is 1.17 bits per heavy atom. The SMILES string of the molecule is Cc1cc(-c2cc(CNC(=O)CCCc3ccc4cccnc4n3)on2)ccc1F. The maximum atomic E-state index is 13.4. The molecule has 0 aliphatic rings. The van der Waals surface area contributed by atoms with Crippen LogP contribution in [0.4, 0.5) is 4.39 Å². The molecule has 3 aromatic heterocycles. The lowest BCUT2D eigenvalue weighted by molar-refractivity contribution is -0.121. The van der Waals surface area contributed by atoms with E-state index in [1.54, 1.807) is 31.3 Å². The summed E-state index contributed by atoms with van der Waals surface area (Å²) in [6, 6.07) is 14.3. The summed E-state index contributed by atoms with van der Waals surface area (Å²) in [5, 5.41) is 7.83. The number of amides is 1. The number of carbonyl (C=O) groups is 1. The zero-order valence-electron chi connectivity index (χ0n) is 16.6. The molecule has 0 radical (unpaired) electrons. The Labute approximate surface area is 173 Å². The van der Waals surface area contributed by atoms with E-state index in [-0.39, 0.29) is 18.3 Å². The smallest absolute Gasteiger partial charge is 0.220 e. The van der Waals surface area contributed by atoms with Crippen molar-refractivity contribution in [3.8, 4) is 11.3 Å². The molecule has 3 heterocycles. The van der Waals surface area contributed by atoms with Crippen LogP contribution >= 0.6 is 0 Å². The van der Waals surface area contributed by atoms with Crippen molar-refractivity contribution in [3.63, 3.8) is 0 Å². The maximum Gasteiger partial charge on any atom is 0.220 e. The fourth-order valence-corrected chi connectivity index (χ4v) is 3.17. The summed E-state index contributed by atoms with van der Waals surface area (Å²) < 4.78 is 18.7. The van der Waals surface area contributed by atoms with Gasteiger partial charge in [0, 0.05) is 35.3 Å². The van der Waals surface area contributed by atoms with Gasteiger partial charge in [-0.25, -0.2) is 14.4 Å². The van der Waals surface area contributed by atoms with Crippen molar-refractivity contribution in [2.24, 2.45) is 0 Å². The second-order valence-corrected chi connectivity index (χ2v) is 7.13. The van der Waals surface area contributed by atoms with Crippen LogP contribution in [0.15, 0.2) is 59.3 Å². The number of hydrogen-bond acceptors (Lipinski definition) is 5. The van der Waals surface area contributed by atoms with Gasteiger partial charge in [0.1, 0.15) is 11.5 Å². The highest BCUT2D eigenvalue weighted by atomic mass is 19.1. The van der Waals surface area contributed by atoms with Gasteiger partial charge in [-0.1, -0.05) is 5.16 Å². The number of benzene rings is 1. The van der Waals surface area contributed by atoms with Crippen molar-refractivity contribution in [2.75, 3.05) is 0 Å². The molecule has 152 valence electrons. The average molecular weight is 404 g/mol. The van der Waals surface area contributed by atoms with Crippen LogP contribution in [0.5, 0.6) is 0 Å². The minimum atomic E-state index is -0.259. The second kappa shape index (κ2) is 8.82. The third kappa shape index (κ3) is 4.68. The number of aryl methyl sites for hydroxylation is 2. The highest BCUT2D eigenvalue weighted by molar-refractivity contribution is 5.76. The molecule has 6 nitrogen and oxygen atoms in total. The van der Waals surface area contributed by atoms with E-state index in [4.69, 9.17) is 4.52 Å². The van der Waals surface area contributed by atoms with Gasteiger partial charge in [0.15, 0.2) is 11.4 Å². The molecular weight excluding hydrogens is 383 g/mol. The first-order chi connectivity index (χ1) is 14.6. The minimum absolute atomic E-state index is 0.0653. The largest absolute Gasteiger partial charge is 0.359 e. The van der Waals surface area contributed by atoms with Crippen LogP contribution in [-0.2, 0) is 17.8 Å². The fraction of sp³-hybridized carbons (Fsp3) is 0.217. The van der Waals surface area contributed by atoms with Gasteiger partial charge >= 0.3 is 0 Å². The van der Waals surface area contributed by atoms with E-state index in [0.717, 1.165) is 22.3 Å². The molecule has 4 aromatic rings. The number of pyridine rings is 2. The zero-order chi connectivity index (χ0) is 20.9. The molecule has 30 heavy (non-hydrogen) atoms. The quantitative estimate of drug-likeness (QED) is 0.495.